The monoisotopic (exact) mass is 283 g/mol. The number of nitrogens with one attached hydrogen (secondary N) is 1. The van der Waals surface area contributed by atoms with E-state index in [0.717, 1.165) is 10.6 Å². The fraction of sp³-hybridized carbons (Fsp3) is 0.385. The zero-order chi connectivity index (χ0) is 14.3. The van der Waals surface area contributed by atoms with Gasteiger partial charge in [-0.25, -0.2) is 0 Å². The quantitative estimate of drug-likeness (QED) is 0.746. The largest absolute Gasteiger partial charge is 0.497 e. The smallest absolute Gasteiger partial charge is 0.325 e. The summed E-state index contributed by atoms with van der Waals surface area (Å²) in [5, 5.41) is 11.1. The Kier molecular flexibility index (Phi) is 6.21. The van der Waals surface area contributed by atoms with Crippen LogP contribution in [-0.2, 0) is 9.59 Å². The number of benzene rings is 1. The lowest BCUT2D eigenvalue weighted by atomic mass is 10.3. The first-order valence-electron chi connectivity index (χ1n) is 5.82. The molecule has 0 aliphatic rings. The Balaban J connectivity index is 2.29. The zero-order valence-corrected chi connectivity index (χ0v) is 11.7. The molecule has 0 spiro atoms. The van der Waals surface area contributed by atoms with Gasteiger partial charge in [0.15, 0.2) is 0 Å². The fourth-order valence-electron chi connectivity index (χ4n) is 1.31. The number of carboxylic acids is 1. The second-order valence-corrected chi connectivity index (χ2v) is 5.07. The molecule has 1 rings (SSSR count). The minimum atomic E-state index is -1.03. The average molecular weight is 283 g/mol. The predicted molar refractivity (Wildman–Crippen MR) is 73.6 cm³/mol. The van der Waals surface area contributed by atoms with Crippen LogP contribution >= 0.6 is 11.8 Å². The topological polar surface area (TPSA) is 75.6 Å². The Morgan fingerprint density at radius 3 is 2.53 bits per heavy atom. The van der Waals surface area contributed by atoms with Gasteiger partial charge >= 0.3 is 5.97 Å². The van der Waals surface area contributed by atoms with Crippen molar-refractivity contribution in [1.29, 1.82) is 0 Å². The molecule has 0 fully saturated rings. The molecular weight excluding hydrogens is 266 g/mol. The van der Waals surface area contributed by atoms with Gasteiger partial charge in [-0.2, -0.15) is 0 Å². The van der Waals surface area contributed by atoms with Crippen LogP contribution in [0.5, 0.6) is 5.75 Å². The summed E-state index contributed by atoms with van der Waals surface area (Å²) in [5.74, 6) is 0.106. The van der Waals surface area contributed by atoms with Crippen molar-refractivity contribution in [3.05, 3.63) is 24.3 Å². The Morgan fingerprint density at radius 2 is 2.00 bits per heavy atom. The SMILES string of the molecule is COc1ccc(SCCC(=O)NC(C)C(=O)O)cc1. The lowest BCUT2D eigenvalue weighted by Gasteiger charge is -2.09. The van der Waals surface area contributed by atoms with Crippen LogP contribution in [0.4, 0.5) is 0 Å². The molecule has 104 valence electrons. The summed E-state index contributed by atoms with van der Waals surface area (Å²) >= 11 is 1.54. The van der Waals surface area contributed by atoms with Gasteiger partial charge in [0.1, 0.15) is 11.8 Å². The summed E-state index contributed by atoms with van der Waals surface area (Å²) in [4.78, 5) is 23.0. The first-order valence-corrected chi connectivity index (χ1v) is 6.80. The molecule has 0 aromatic heterocycles. The summed E-state index contributed by atoms with van der Waals surface area (Å²) in [6.45, 7) is 1.44. The molecular formula is C13H17NO4S. The highest BCUT2D eigenvalue weighted by atomic mass is 32.2. The van der Waals surface area contributed by atoms with Crippen LogP contribution in [0, 0.1) is 0 Å². The number of aliphatic carboxylic acids is 1. The molecule has 0 aliphatic heterocycles. The third-order valence-electron chi connectivity index (χ3n) is 2.41. The van der Waals surface area contributed by atoms with E-state index in [1.54, 1.807) is 7.11 Å². The first-order chi connectivity index (χ1) is 9.02. The highest BCUT2D eigenvalue weighted by Gasteiger charge is 2.13. The van der Waals surface area contributed by atoms with Gasteiger partial charge < -0.3 is 15.2 Å². The van der Waals surface area contributed by atoms with Crippen LogP contribution in [0.2, 0.25) is 0 Å². The zero-order valence-electron chi connectivity index (χ0n) is 10.9. The van der Waals surface area contributed by atoms with E-state index in [0.29, 0.717) is 5.75 Å². The number of carbonyl (C=O) groups is 2. The molecule has 0 radical (unpaired) electrons. The van der Waals surface area contributed by atoms with Gasteiger partial charge in [-0.15, -0.1) is 11.8 Å². The summed E-state index contributed by atoms with van der Waals surface area (Å²) in [7, 11) is 1.61. The molecule has 1 amide bonds. The predicted octanol–water partition coefficient (Wildman–Crippen LogP) is 1.77. The van der Waals surface area contributed by atoms with E-state index < -0.39 is 12.0 Å². The highest BCUT2D eigenvalue weighted by Crippen LogP contribution is 2.21. The standard InChI is InChI=1S/C13H17NO4S/c1-9(13(16)17)14-12(15)7-8-19-11-5-3-10(18-2)4-6-11/h3-6,9H,7-8H2,1-2H3,(H,14,15)(H,16,17). The molecule has 1 unspecified atom stereocenters. The van der Waals surface area contributed by atoms with Crippen LogP contribution in [0.3, 0.4) is 0 Å². The molecule has 0 bridgehead atoms. The molecule has 0 saturated heterocycles. The van der Waals surface area contributed by atoms with E-state index in [1.165, 1.54) is 18.7 Å². The number of ether oxygens (including phenoxy) is 1. The maximum Gasteiger partial charge on any atom is 0.325 e. The normalized spacial score (nSPS) is 11.7. The maximum absolute atomic E-state index is 11.4. The average Bonchev–Trinajstić information content (AvgIpc) is 2.39. The highest BCUT2D eigenvalue weighted by molar-refractivity contribution is 7.99. The van der Waals surface area contributed by atoms with Crippen molar-refractivity contribution in [3.63, 3.8) is 0 Å². The van der Waals surface area contributed by atoms with Crippen molar-refractivity contribution in [3.8, 4) is 5.75 Å². The van der Waals surface area contributed by atoms with Crippen LogP contribution in [0.15, 0.2) is 29.2 Å². The van der Waals surface area contributed by atoms with E-state index in [-0.39, 0.29) is 12.3 Å². The van der Waals surface area contributed by atoms with Gasteiger partial charge in [0.05, 0.1) is 7.11 Å². The third-order valence-corrected chi connectivity index (χ3v) is 3.42. The number of methoxy groups -OCH3 is 1. The van der Waals surface area contributed by atoms with Crippen molar-refractivity contribution in [2.24, 2.45) is 0 Å². The summed E-state index contributed by atoms with van der Waals surface area (Å²) < 4.78 is 5.05. The number of thioether (sulfide) groups is 1. The number of carbonyl (C=O) groups excluding carboxylic acids is 1. The van der Waals surface area contributed by atoms with Crippen molar-refractivity contribution in [1.82, 2.24) is 5.32 Å². The minimum Gasteiger partial charge on any atom is -0.497 e. The Morgan fingerprint density at radius 1 is 1.37 bits per heavy atom. The van der Waals surface area contributed by atoms with Crippen molar-refractivity contribution in [2.75, 3.05) is 12.9 Å². The van der Waals surface area contributed by atoms with Crippen LogP contribution in [-0.4, -0.2) is 35.9 Å². The summed E-state index contributed by atoms with van der Waals surface area (Å²) in [5.41, 5.74) is 0. The molecule has 0 saturated carbocycles. The van der Waals surface area contributed by atoms with Gasteiger partial charge in [0.2, 0.25) is 5.91 Å². The van der Waals surface area contributed by atoms with E-state index in [1.807, 2.05) is 24.3 Å². The molecule has 0 heterocycles. The van der Waals surface area contributed by atoms with E-state index >= 15 is 0 Å². The Bertz CT molecular complexity index is 433. The van der Waals surface area contributed by atoms with Gasteiger partial charge in [-0.3, -0.25) is 9.59 Å². The van der Waals surface area contributed by atoms with Crippen molar-refractivity contribution < 1.29 is 19.4 Å². The fourth-order valence-corrected chi connectivity index (χ4v) is 2.16. The number of carboxylic acid groups (broad SMARTS) is 1. The van der Waals surface area contributed by atoms with Gasteiger partial charge in [0, 0.05) is 17.1 Å². The number of amides is 1. The maximum atomic E-state index is 11.4. The van der Waals surface area contributed by atoms with Gasteiger partial charge in [-0.1, -0.05) is 0 Å². The van der Waals surface area contributed by atoms with Gasteiger partial charge in [0.25, 0.3) is 0 Å². The van der Waals surface area contributed by atoms with E-state index in [9.17, 15) is 9.59 Å². The van der Waals surface area contributed by atoms with Crippen LogP contribution in [0.1, 0.15) is 13.3 Å². The number of hydrogen-bond donors (Lipinski definition) is 2. The minimum absolute atomic E-state index is 0.254. The molecule has 1 atom stereocenters. The van der Waals surface area contributed by atoms with Crippen molar-refractivity contribution in [2.45, 2.75) is 24.3 Å². The van der Waals surface area contributed by atoms with E-state index in [4.69, 9.17) is 9.84 Å². The molecule has 0 aliphatic carbocycles. The summed E-state index contributed by atoms with van der Waals surface area (Å²) in [6, 6.07) is 6.70. The van der Waals surface area contributed by atoms with E-state index in [2.05, 4.69) is 5.32 Å². The van der Waals surface area contributed by atoms with Crippen LogP contribution in [0.25, 0.3) is 0 Å². The number of rotatable bonds is 7. The second-order valence-electron chi connectivity index (χ2n) is 3.90. The summed E-state index contributed by atoms with van der Waals surface area (Å²) in [6.07, 6.45) is 0.286. The van der Waals surface area contributed by atoms with Crippen molar-refractivity contribution >= 4 is 23.6 Å². The second kappa shape index (κ2) is 7.68. The van der Waals surface area contributed by atoms with Gasteiger partial charge in [-0.05, 0) is 31.2 Å². The lowest BCUT2D eigenvalue weighted by molar-refractivity contribution is -0.141. The molecule has 5 nitrogen and oxygen atoms in total. The Labute approximate surface area is 116 Å². The number of hydrogen-bond acceptors (Lipinski definition) is 4. The molecule has 19 heavy (non-hydrogen) atoms. The molecule has 2 N–H and O–H groups in total. The molecule has 1 aromatic carbocycles. The third kappa shape index (κ3) is 5.65. The molecule has 1 aromatic rings. The molecule has 6 heteroatoms. The Hall–Kier alpha value is -1.69. The van der Waals surface area contributed by atoms with Crippen LogP contribution < -0.4 is 10.1 Å². The lowest BCUT2D eigenvalue weighted by Crippen LogP contribution is -2.38. The first kappa shape index (κ1) is 15.4.